The van der Waals surface area contributed by atoms with Crippen LogP contribution in [0, 0.1) is 5.41 Å². The van der Waals surface area contributed by atoms with Gasteiger partial charge >= 0.3 is 0 Å². The monoisotopic (exact) mass is 392 g/mol. The molecule has 3 rings (SSSR count). The van der Waals surface area contributed by atoms with Crippen LogP contribution in [-0.2, 0) is 4.79 Å². The van der Waals surface area contributed by atoms with E-state index in [9.17, 15) is 19.8 Å². The predicted molar refractivity (Wildman–Crippen MR) is 102 cm³/mol. The van der Waals surface area contributed by atoms with Gasteiger partial charge in [0, 0.05) is 38.7 Å². The molecule has 1 aromatic carbocycles. The zero-order valence-corrected chi connectivity index (χ0v) is 16.6. The Hall–Kier alpha value is -2.48. The highest BCUT2D eigenvalue weighted by molar-refractivity contribution is 5.95. The van der Waals surface area contributed by atoms with Crippen molar-refractivity contribution in [1.82, 2.24) is 9.80 Å². The molecule has 1 aromatic rings. The average molecular weight is 392 g/mol. The molecule has 2 fully saturated rings. The lowest BCUT2D eigenvalue weighted by atomic mass is 9.71. The summed E-state index contributed by atoms with van der Waals surface area (Å²) in [4.78, 5) is 28.2. The van der Waals surface area contributed by atoms with E-state index in [0.29, 0.717) is 38.2 Å². The Morgan fingerprint density at radius 2 is 1.68 bits per heavy atom. The van der Waals surface area contributed by atoms with Crippen molar-refractivity contribution in [3.63, 3.8) is 0 Å². The maximum Gasteiger partial charge on any atom is 0.254 e. The molecule has 2 amide bonds. The lowest BCUT2D eigenvalue weighted by Crippen LogP contribution is -2.55. The molecule has 2 N–H and O–H groups in total. The number of methoxy groups -OCH3 is 2. The van der Waals surface area contributed by atoms with E-state index < -0.39 is 6.10 Å². The number of rotatable bonds is 3. The summed E-state index contributed by atoms with van der Waals surface area (Å²) in [6.07, 6.45) is 1.59. The molecule has 0 aromatic heterocycles. The molecule has 2 heterocycles. The van der Waals surface area contributed by atoms with Crippen molar-refractivity contribution in [2.24, 2.45) is 5.41 Å². The normalized spacial score (nSPS) is 21.5. The second-order valence-corrected chi connectivity index (χ2v) is 7.78. The highest BCUT2D eigenvalue weighted by Crippen LogP contribution is 2.41. The molecule has 0 saturated carbocycles. The second-order valence-electron chi connectivity index (χ2n) is 7.78. The molecular weight excluding hydrogens is 364 g/mol. The number of carbonyl (C=O) groups is 2. The van der Waals surface area contributed by atoms with E-state index in [0.717, 1.165) is 12.8 Å². The number of hydrogen-bond donors (Lipinski definition) is 2. The number of likely N-dealkylation sites (tertiary alicyclic amines) is 2. The second kappa shape index (κ2) is 7.87. The lowest BCUT2D eigenvalue weighted by molar-refractivity contribution is -0.137. The maximum atomic E-state index is 13.0. The Labute approximate surface area is 164 Å². The number of benzene rings is 1. The van der Waals surface area contributed by atoms with Gasteiger partial charge in [-0.25, -0.2) is 0 Å². The summed E-state index contributed by atoms with van der Waals surface area (Å²) in [5, 5.41) is 20.2. The van der Waals surface area contributed by atoms with Gasteiger partial charge in [0.05, 0.1) is 20.3 Å². The Kier molecular flexibility index (Phi) is 5.69. The molecule has 1 atom stereocenters. The zero-order chi connectivity index (χ0) is 20.5. The minimum Gasteiger partial charge on any atom is -0.502 e. The van der Waals surface area contributed by atoms with Gasteiger partial charge in [-0.2, -0.15) is 0 Å². The molecule has 2 aliphatic rings. The number of aromatic hydroxyl groups is 1. The van der Waals surface area contributed by atoms with Crippen molar-refractivity contribution in [3.05, 3.63) is 17.7 Å². The summed E-state index contributed by atoms with van der Waals surface area (Å²) >= 11 is 0. The van der Waals surface area contributed by atoms with Crippen molar-refractivity contribution in [2.75, 3.05) is 40.4 Å². The lowest BCUT2D eigenvalue weighted by Gasteiger charge is -2.49. The van der Waals surface area contributed by atoms with E-state index in [1.54, 1.807) is 9.80 Å². The van der Waals surface area contributed by atoms with Crippen LogP contribution in [0.25, 0.3) is 0 Å². The number of aliphatic hydroxyl groups is 1. The van der Waals surface area contributed by atoms with Gasteiger partial charge in [0.25, 0.3) is 5.91 Å². The SMILES string of the molecule is COc1cc(C(=O)N2CCC3(CC2)CC(O)CN(C(C)=O)C3)cc(OC)c1O. The van der Waals surface area contributed by atoms with E-state index in [4.69, 9.17) is 9.47 Å². The molecule has 28 heavy (non-hydrogen) atoms. The Bertz CT molecular complexity index is 732. The first-order valence-corrected chi connectivity index (χ1v) is 9.46. The van der Waals surface area contributed by atoms with Gasteiger partial charge in [0.15, 0.2) is 11.5 Å². The Morgan fingerprint density at radius 1 is 1.11 bits per heavy atom. The van der Waals surface area contributed by atoms with Crippen molar-refractivity contribution in [1.29, 1.82) is 0 Å². The molecule has 0 aliphatic carbocycles. The number of phenolic OH excluding ortho intramolecular Hbond substituents is 1. The molecule has 8 heteroatoms. The van der Waals surface area contributed by atoms with Gasteiger partial charge in [0.2, 0.25) is 11.7 Å². The van der Waals surface area contributed by atoms with E-state index in [2.05, 4.69) is 0 Å². The van der Waals surface area contributed by atoms with Gasteiger partial charge in [-0.3, -0.25) is 9.59 Å². The first kappa shape index (κ1) is 20.3. The Morgan fingerprint density at radius 3 is 2.18 bits per heavy atom. The smallest absolute Gasteiger partial charge is 0.254 e. The summed E-state index contributed by atoms with van der Waals surface area (Å²) in [6.45, 7) is 3.62. The standard InChI is InChI=1S/C20H28N2O6/c1-13(23)22-11-15(24)10-20(12-22)4-6-21(7-5-20)19(26)14-8-16(27-2)18(25)17(9-14)28-3/h8-9,15,24-25H,4-7,10-12H2,1-3H3. The minimum absolute atomic E-state index is 0.0279. The number of aliphatic hydroxyl groups excluding tert-OH is 1. The predicted octanol–water partition coefficient (Wildman–Crippen LogP) is 1.24. The van der Waals surface area contributed by atoms with Gasteiger partial charge < -0.3 is 29.5 Å². The van der Waals surface area contributed by atoms with Crippen LogP contribution in [0.2, 0.25) is 0 Å². The molecule has 1 spiro atoms. The Balaban J connectivity index is 1.73. The van der Waals surface area contributed by atoms with Crippen LogP contribution < -0.4 is 9.47 Å². The fraction of sp³-hybridized carbons (Fsp3) is 0.600. The highest BCUT2D eigenvalue weighted by Gasteiger charge is 2.43. The first-order valence-electron chi connectivity index (χ1n) is 9.46. The third-order valence-electron chi connectivity index (χ3n) is 5.91. The number of β-amino-alcohol motifs (C(OH)–C–C–N with tert-alkyl or cyclic N) is 1. The summed E-state index contributed by atoms with van der Waals surface area (Å²) in [5.74, 6) is 0.0400. The number of amides is 2. The number of hydrogen-bond acceptors (Lipinski definition) is 6. The van der Waals surface area contributed by atoms with E-state index in [1.807, 2.05) is 0 Å². The van der Waals surface area contributed by atoms with Crippen LogP contribution in [0.1, 0.15) is 36.5 Å². The number of carbonyl (C=O) groups excluding carboxylic acids is 2. The summed E-state index contributed by atoms with van der Waals surface area (Å²) < 4.78 is 10.3. The van der Waals surface area contributed by atoms with Crippen LogP contribution in [0.3, 0.4) is 0 Å². The van der Waals surface area contributed by atoms with Crippen LogP contribution in [-0.4, -0.2) is 78.3 Å². The van der Waals surface area contributed by atoms with Crippen LogP contribution in [0.5, 0.6) is 17.2 Å². The van der Waals surface area contributed by atoms with Crippen LogP contribution in [0.4, 0.5) is 0 Å². The molecule has 2 saturated heterocycles. The number of piperidine rings is 2. The fourth-order valence-electron chi connectivity index (χ4n) is 4.34. The first-order chi connectivity index (χ1) is 13.3. The molecule has 1 unspecified atom stereocenters. The molecule has 2 aliphatic heterocycles. The number of ether oxygens (including phenoxy) is 2. The number of phenols is 1. The average Bonchev–Trinajstić information content (AvgIpc) is 2.67. The number of nitrogens with zero attached hydrogens (tertiary/aromatic N) is 2. The molecule has 8 nitrogen and oxygen atoms in total. The summed E-state index contributed by atoms with van der Waals surface area (Å²) in [6, 6.07) is 3.01. The summed E-state index contributed by atoms with van der Waals surface area (Å²) in [5.41, 5.74) is 0.237. The largest absolute Gasteiger partial charge is 0.502 e. The topological polar surface area (TPSA) is 99.5 Å². The van der Waals surface area contributed by atoms with E-state index in [-0.39, 0.29) is 34.5 Å². The third-order valence-corrected chi connectivity index (χ3v) is 5.91. The van der Waals surface area contributed by atoms with Crippen molar-refractivity contribution < 1.29 is 29.3 Å². The van der Waals surface area contributed by atoms with Crippen LogP contribution in [0.15, 0.2) is 12.1 Å². The third kappa shape index (κ3) is 3.87. The van der Waals surface area contributed by atoms with E-state index >= 15 is 0 Å². The van der Waals surface area contributed by atoms with Crippen molar-refractivity contribution >= 4 is 11.8 Å². The minimum atomic E-state index is -0.523. The summed E-state index contributed by atoms with van der Waals surface area (Å²) in [7, 11) is 2.84. The van der Waals surface area contributed by atoms with E-state index in [1.165, 1.54) is 33.3 Å². The van der Waals surface area contributed by atoms with Gasteiger partial charge in [-0.15, -0.1) is 0 Å². The fourth-order valence-corrected chi connectivity index (χ4v) is 4.34. The molecular formula is C20H28N2O6. The van der Waals surface area contributed by atoms with Gasteiger partial charge in [-0.1, -0.05) is 0 Å². The zero-order valence-electron chi connectivity index (χ0n) is 16.6. The molecule has 154 valence electrons. The quantitative estimate of drug-likeness (QED) is 0.803. The molecule has 0 radical (unpaired) electrons. The highest BCUT2D eigenvalue weighted by atomic mass is 16.5. The van der Waals surface area contributed by atoms with Gasteiger partial charge in [-0.05, 0) is 36.8 Å². The van der Waals surface area contributed by atoms with Crippen molar-refractivity contribution in [3.8, 4) is 17.2 Å². The van der Waals surface area contributed by atoms with Crippen LogP contribution >= 0.6 is 0 Å². The van der Waals surface area contributed by atoms with Crippen molar-refractivity contribution in [2.45, 2.75) is 32.3 Å². The molecule has 0 bridgehead atoms. The van der Waals surface area contributed by atoms with Gasteiger partial charge in [0.1, 0.15) is 0 Å². The maximum absolute atomic E-state index is 13.0.